The average molecular weight is 331 g/mol. The van der Waals surface area contributed by atoms with Gasteiger partial charge in [0.05, 0.1) is 26.9 Å². The Hall–Kier alpha value is -2.11. The Morgan fingerprint density at radius 3 is 2.67 bits per heavy atom. The molecule has 0 bridgehead atoms. The monoisotopic (exact) mass is 331 g/mol. The number of halogens is 1. The summed E-state index contributed by atoms with van der Waals surface area (Å²) in [6.45, 7) is 2.16. The lowest BCUT2D eigenvalue weighted by Gasteiger charge is -2.16. The van der Waals surface area contributed by atoms with E-state index < -0.39 is 0 Å². The van der Waals surface area contributed by atoms with Gasteiger partial charge in [-0.3, -0.25) is 0 Å². The molecule has 0 saturated carbocycles. The second-order valence-corrected chi connectivity index (χ2v) is 5.79. The molecule has 1 aliphatic heterocycles. The Bertz CT molecular complexity index is 699. The lowest BCUT2D eigenvalue weighted by molar-refractivity contribution is 0.0543. The fraction of sp³-hybridized carbons (Fsp3) is 0.368. The van der Waals surface area contributed by atoms with Gasteiger partial charge < -0.3 is 19.5 Å². The largest absolute Gasteiger partial charge is 0.497 e. The summed E-state index contributed by atoms with van der Waals surface area (Å²) in [5.74, 6) is 1.16. The van der Waals surface area contributed by atoms with E-state index in [1.54, 1.807) is 20.3 Å². The smallest absolute Gasteiger partial charge is 0.126 e. The summed E-state index contributed by atoms with van der Waals surface area (Å²) in [5.41, 5.74) is 2.55. The van der Waals surface area contributed by atoms with Crippen LogP contribution in [0.5, 0.6) is 11.5 Å². The van der Waals surface area contributed by atoms with Crippen molar-refractivity contribution >= 4 is 0 Å². The minimum Gasteiger partial charge on any atom is -0.497 e. The molecule has 1 aliphatic rings. The van der Waals surface area contributed by atoms with E-state index in [0.717, 1.165) is 42.0 Å². The van der Waals surface area contributed by atoms with Gasteiger partial charge >= 0.3 is 0 Å². The lowest BCUT2D eigenvalue weighted by Crippen LogP contribution is -2.16. The van der Waals surface area contributed by atoms with Crippen molar-refractivity contribution in [1.82, 2.24) is 5.32 Å². The van der Waals surface area contributed by atoms with Crippen LogP contribution in [0.3, 0.4) is 0 Å². The Balaban J connectivity index is 1.94. The van der Waals surface area contributed by atoms with Crippen molar-refractivity contribution in [2.24, 2.45) is 0 Å². The Labute approximate surface area is 141 Å². The number of methoxy groups -OCH3 is 2. The zero-order valence-electron chi connectivity index (χ0n) is 14.0. The summed E-state index contributed by atoms with van der Waals surface area (Å²) >= 11 is 0. The highest BCUT2D eigenvalue weighted by molar-refractivity contribution is 5.74. The van der Waals surface area contributed by atoms with Crippen LogP contribution in [0.15, 0.2) is 36.4 Å². The van der Waals surface area contributed by atoms with Crippen LogP contribution in [0, 0.1) is 5.82 Å². The standard InChI is InChI=1S/C19H22FNO3/c1-22-15-4-6-19(23-2)18(10-15)17-5-3-14(20)9-13(17)12-24-16-7-8-21-11-16/h3-6,9-10,16,21H,7-8,11-12H2,1-2H3. The second-order valence-electron chi connectivity index (χ2n) is 5.79. The quantitative estimate of drug-likeness (QED) is 0.881. The molecule has 1 saturated heterocycles. The molecule has 2 aromatic carbocycles. The maximum atomic E-state index is 13.8. The average Bonchev–Trinajstić information content (AvgIpc) is 3.13. The minimum absolute atomic E-state index is 0.174. The van der Waals surface area contributed by atoms with E-state index in [0.29, 0.717) is 12.4 Å². The van der Waals surface area contributed by atoms with Gasteiger partial charge in [0, 0.05) is 12.1 Å². The second kappa shape index (κ2) is 7.64. The molecular weight excluding hydrogens is 309 g/mol. The Morgan fingerprint density at radius 1 is 1.08 bits per heavy atom. The molecule has 3 rings (SSSR count). The molecule has 0 radical (unpaired) electrons. The topological polar surface area (TPSA) is 39.7 Å². The minimum atomic E-state index is -0.274. The van der Waals surface area contributed by atoms with Crippen molar-refractivity contribution in [1.29, 1.82) is 0 Å². The number of rotatable bonds is 6. The third-order valence-electron chi connectivity index (χ3n) is 4.25. The lowest BCUT2D eigenvalue weighted by atomic mass is 9.98. The predicted octanol–water partition coefficient (Wildman–Crippen LogP) is 3.39. The number of nitrogens with one attached hydrogen (secondary N) is 1. The molecule has 0 aliphatic carbocycles. The summed E-state index contributed by atoms with van der Waals surface area (Å²) in [4.78, 5) is 0. The molecule has 1 atom stereocenters. The SMILES string of the molecule is COc1ccc(OC)c(-c2ccc(F)cc2COC2CCNC2)c1. The van der Waals surface area contributed by atoms with Crippen molar-refractivity contribution in [2.45, 2.75) is 19.1 Å². The molecule has 128 valence electrons. The van der Waals surface area contributed by atoms with Crippen LogP contribution in [0.2, 0.25) is 0 Å². The van der Waals surface area contributed by atoms with Gasteiger partial charge in [0.2, 0.25) is 0 Å². The molecule has 5 heteroatoms. The molecule has 1 unspecified atom stereocenters. The molecule has 4 nitrogen and oxygen atoms in total. The highest BCUT2D eigenvalue weighted by Gasteiger charge is 2.17. The van der Waals surface area contributed by atoms with Gasteiger partial charge in [-0.1, -0.05) is 6.07 Å². The maximum absolute atomic E-state index is 13.8. The van der Waals surface area contributed by atoms with E-state index >= 15 is 0 Å². The Morgan fingerprint density at radius 2 is 1.96 bits per heavy atom. The van der Waals surface area contributed by atoms with Crippen molar-refractivity contribution in [3.8, 4) is 22.6 Å². The van der Waals surface area contributed by atoms with Gasteiger partial charge in [-0.2, -0.15) is 0 Å². The highest BCUT2D eigenvalue weighted by atomic mass is 19.1. The maximum Gasteiger partial charge on any atom is 0.126 e. The first kappa shape index (κ1) is 16.7. The summed E-state index contributed by atoms with van der Waals surface area (Å²) in [6.07, 6.45) is 1.15. The van der Waals surface area contributed by atoms with Crippen molar-refractivity contribution in [2.75, 3.05) is 27.3 Å². The van der Waals surface area contributed by atoms with Gasteiger partial charge in [-0.25, -0.2) is 4.39 Å². The summed E-state index contributed by atoms with van der Waals surface area (Å²) in [6, 6.07) is 10.3. The number of ether oxygens (including phenoxy) is 3. The van der Waals surface area contributed by atoms with Crippen LogP contribution in [-0.2, 0) is 11.3 Å². The fourth-order valence-corrected chi connectivity index (χ4v) is 2.95. The first-order valence-corrected chi connectivity index (χ1v) is 8.04. The van der Waals surface area contributed by atoms with Crippen LogP contribution >= 0.6 is 0 Å². The summed E-state index contributed by atoms with van der Waals surface area (Å²) in [7, 11) is 3.24. The van der Waals surface area contributed by atoms with Crippen LogP contribution < -0.4 is 14.8 Å². The van der Waals surface area contributed by atoms with E-state index in [1.807, 2.05) is 18.2 Å². The third-order valence-corrected chi connectivity index (χ3v) is 4.25. The first-order chi connectivity index (χ1) is 11.7. The zero-order valence-corrected chi connectivity index (χ0v) is 14.0. The van der Waals surface area contributed by atoms with E-state index in [-0.39, 0.29) is 11.9 Å². The van der Waals surface area contributed by atoms with Crippen molar-refractivity contribution in [3.05, 3.63) is 47.8 Å². The fourth-order valence-electron chi connectivity index (χ4n) is 2.95. The summed E-state index contributed by atoms with van der Waals surface area (Å²) in [5, 5.41) is 3.26. The van der Waals surface area contributed by atoms with Gasteiger partial charge in [0.25, 0.3) is 0 Å². The van der Waals surface area contributed by atoms with Gasteiger partial charge in [0.15, 0.2) is 0 Å². The Kier molecular flexibility index (Phi) is 5.33. The molecule has 2 aromatic rings. The van der Waals surface area contributed by atoms with Crippen LogP contribution in [0.25, 0.3) is 11.1 Å². The molecule has 0 spiro atoms. The van der Waals surface area contributed by atoms with Gasteiger partial charge in [-0.15, -0.1) is 0 Å². The van der Waals surface area contributed by atoms with Gasteiger partial charge in [0.1, 0.15) is 17.3 Å². The molecule has 1 heterocycles. The molecule has 24 heavy (non-hydrogen) atoms. The normalized spacial score (nSPS) is 17.0. The zero-order chi connectivity index (χ0) is 16.9. The number of hydrogen-bond donors (Lipinski definition) is 1. The molecular formula is C19H22FNO3. The van der Waals surface area contributed by atoms with Crippen LogP contribution in [0.1, 0.15) is 12.0 Å². The molecule has 1 fully saturated rings. The van der Waals surface area contributed by atoms with Crippen LogP contribution in [0.4, 0.5) is 4.39 Å². The molecule has 0 aromatic heterocycles. The number of hydrogen-bond acceptors (Lipinski definition) is 4. The third kappa shape index (κ3) is 3.68. The van der Waals surface area contributed by atoms with E-state index in [9.17, 15) is 4.39 Å². The van der Waals surface area contributed by atoms with E-state index in [1.165, 1.54) is 12.1 Å². The molecule has 0 amide bonds. The van der Waals surface area contributed by atoms with Crippen LogP contribution in [-0.4, -0.2) is 33.4 Å². The van der Waals surface area contributed by atoms with Crippen molar-refractivity contribution in [3.63, 3.8) is 0 Å². The van der Waals surface area contributed by atoms with Gasteiger partial charge in [-0.05, 0) is 54.4 Å². The number of benzene rings is 2. The molecule has 1 N–H and O–H groups in total. The predicted molar refractivity (Wildman–Crippen MR) is 91.0 cm³/mol. The highest BCUT2D eigenvalue weighted by Crippen LogP contribution is 2.36. The van der Waals surface area contributed by atoms with E-state index in [2.05, 4.69) is 5.32 Å². The van der Waals surface area contributed by atoms with E-state index in [4.69, 9.17) is 14.2 Å². The van der Waals surface area contributed by atoms with Crippen molar-refractivity contribution < 1.29 is 18.6 Å². The first-order valence-electron chi connectivity index (χ1n) is 8.04. The summed E-state index contributed by atoms with van der Waals surface area (Å²) < 4.78 is 30.5.